The van der Waals surface area contributed by atoms with Gasteiger partial charge in [-0.05, 0) is 24.3 Å². The van der Waals surface area contributed by atoms with Gasteiger partial charge in [0.05, 0.1) is 41.2 Å². The second-order valence-corrected chi connectivity index (χ2v) is 8.87. The van der Waals surface area contributed by atoms with Gasteiger partial charge in [-0.1, -0.05) is 18.2 Å². The summed E-state index contributed by atoms with van der Waals surface area (Å²) in [6.07, 6.45) is 1.51. The summed E-state index contributed by atoms with van der Waals surface area (Å²) in [7, 11) is 0. The van der Waals surface area contributed by atoms with Crippen molar-refractivity contribution in [1.29, 1.82) is 0 Å². The van der Waals surface area contributed by atoms with E-state index in [9.17, 15) is 14.4 Å². The molecular weight excluding hydrogens is 480 g/mol. The molecule has 0 fully saturated rings. The van der Waals surface area contributed by atoms with Crippen LogP contribution in [0.2, 0.25) is 0 Å². The molecule has 4 aromatic rings. The summed E-state index contributed by atoms with van der Waals surface area (Å²) in [6, 6.07) is 12.7. The zero-order chi connectivity index (χ0) is 25.4. The number of hydrogen-bond acceptors (Lipinski definition) is 9. The molecule has 36 heavy (non-hydrogen) atoms. The first kappa shape index (κ1) is 23.2. The highest BCUT2D eigenvalue weighted by atomic mass is 32.1. The standard InChI is InChI=1S/C24H22N8O3S/c1-14(33)31(25)20-9-15(7-8-27-20)23-22(29-16-5-3-2-4-6-16)21-18(32(23)26)10-30(11-19(21)34)24(35)17-12-36-13-28-17/h2-9,12-13,29H,10-11,25-26H2,1H3. The summed E-state index contributed by atoms with van der Waals surface area (Å²) < 4.78 is 1.40. The molecule has 2 amide bonds. The molecule has 11 nitrogen and oxygen atoms in total. The summed E-state index contributed by atoms with van der Waals surface area (Å²) in [6.45, 7) is 1.33. The Kier molecular flexibility index (Phi) is 5.96. The maximum absolute atomic E-state index is 13.4. The molecule has 5 N–H and O–H groups in total. The normalized spacial score (nSPS) is 12.8. The topological polar surface area (TPSA) is 152 Å². The number of thiazole rings is 1. The van der Waals surface area contributed by atoms with Gasteiger partial charge in [-0.25, -0.2) is 20.8 Å². The fourth-order valence-corrected chi connectivity index (χ4v) is 4.66. The monoisotopic (exact) mass is 502 g/mol. The average molecular weight is 503 g/mol. The number of hydrogen-bond donors (Lipinski definition) is 3. The predicted molar refractivity (Wildman–Crippen MR) is 136 cm³/mol. The number of nitrogens with one attached hydrogen (secondary N) is 1. The summed E-state index contributed by atoms with van der Waals surface area (Å²) in [4.78, 5) is 47.9. The van der Waals surface area contributed by atoms with Gasteiger partial charge < -0.3 is 16.1 Å². The van der Waals surface area contributed by atoms with Crippen LogP contribution in [-0.4, -0.2) is 43.7 Å². The molecule has 0 unspecified atom stereocenters. The van der Waals surface area contributed by atoms with Crippen LogP contribution in [0.4, 0.5) is 17.2 Å². The number of anilines is 3. The van der Waals surface area contributed by atoms with Gasteiger partial charge in [0.15, 0.2) is 5.78 Å². The SMILES string of the molecule is CC(=O)N(N)c1cc(-c2c(Nc3ccccc3)c3c(n2N)CN(C(=O)c2cscn2)CC3=O)ccn1. The molecule has 3 aromatic heterocycles. The quantitative estimate of drug-likeness (QED) is 0.214. The summed E-state index contributed by atoms with van der Waals surface area (Å²) in [5, 5.41) is 5.90. The molecule has 0 aliphatic carbocycles. The molecular formula is C24H22N8O3S. The van der Waals surface area contributed by atoms with E-state index >= 15 is 0 Å². The van der Waals surface area contributed by atoms with E-state index in [1.54, 1.807) is 23.0 Å². The number of pyridine rings is 1. The Morgan fingerprint density at radius 1 is 1.14 bits per heavy atom. The molecule has 0 saturated heterocycles. The maximum Gasteiger partial charge on any atom is 0.274 e. The zero-order valence-corrected chi connectivity index (χ0v) is 20.0. The van der Waals surface area contributed by atoms with Crippen LogP contribution in [0.15, 0.2) is 59.6 Å². The number of ketones is 1. The van der Waals surface area contributed by atoms with Gasteiger partial charge in [-0.15, -0.1) is 11.3 Å². The Morgan fingerprint density at radius 3 is 2.61 bits per heavy atom. The summed E-state index contributed by atoms with van der Waals surface area (Å²) in [5.74, 6) is 11.7. The van der Waals surface area contributed by atoms with Gasteiger partial charge in [0.2, 0.25) is 5.91 Å². The number of carbonyl (C=O) groups is 3. The lowest BCUT2D eigenvalue weighted by atomic mass is 10.0. The minimum Gasteiger partial charge on any atom is -0.353 e. The third-order valence-corrected chi connectivity index (χ3v) is 6.43. The van der Waals surface area contributed by atoms with Gasteiger partial charge in [0.1, 0.15) is 11.5 Å². The molecule has 0 atom stereocenters. The third kappa shape index (κ3) is 4.08. The van der Waals surface area contributed by atoms with Crippen molar-refractivity contribution in [3.05, 3.63) is 76.5 Å². The Balaban J connectivity index is 1.65. The first-order valence-electron chi connectivity index (χ1n) is 10.9. The number of Topliss-reactive ketones (excluding diaryl/α,β-unsaturated/α-hetero) is 1. The number of para-hydroxylation sites is 1. The van der Waals surface area contributed by atoms with Gasteiger partial charge in [-0.3, -0.25) is 19.1 Å². The third-order valence-electron chi connectivity index (χ3n) is 5.85. The van der Waals surface area contributed by atoms with E-state index in [4.69, 9.17) is 11.7 Å². The van der Waals surface area contributed by atoms with Crippen LogP contribution in [0.25, 0.3) is 11.3 Å². The van der Waals surface area contributed by atoms with Crippen LogP contribution in [0.5, 0.6) is 0 Å². The molecule has 0 bridgehead atoms. The number of aromatic nitrogens is 3. The van der Waals surface area contributed by atoms with Crippen molar-refractivity contribution in [2.75, 3.05) is 22.7 Å². The number of nitrogens with zero attached hydrogens (tertiary/aromatic N) is 5. The van der Waals surface area contributed by atoms with E-state index in [1.807, 2.05) is 30.3 Å². The van der Waals surface area contributed by atoms with Crippen molar-refractivity contribution in [3.63, 3.8) is 0 Å². The van der Waals surface area contributed by atoms with Crippen molar-refractivity contribution in [2.45, 2.75) is 13.5 Å². The van der Waals surface area contributed by atoms with E-state index in [0.29, 0.717) is 28.2 Å². The largest absolute Gasteiger partial charge is 0.353 e. The van der Waals surface area contributed by atoms with E-state index in [0.717, 1.165) is 10.7 Å². The number of carbonyl (C=O) groups excluding carboxylic acids is 3. The fourth-order valence-electron chi connectivity index (χ4n) is 4.14. The van der Waals surface area contributed by atoms with Gasteiger partial charge in [0, 0.05) is 29.8 Å². The van der Waals surface area contributed by atoms with Crippen molar-refractivity contribution in [2.24, 2.45) is 5.84 Å². The first-order chi connectivity index (χ1) is 17.3. The van der Waals surface area contributed by atoms with E-state index in [1.165, 1.54) is 34.0 Å². The minimum absolute atomic E-state index is 0.112. The van der Waals surface area contributed by atoms with Gasteiger partial charge in [-0.2, -0.15) is 0 Å². The number of hydrazine groups is 1. The number of amides is 2. The lowest BCUT2D eigenvalue weighted by molar-refractivity contribution is -0.116. The van der Waals surface area contributed by atoms with Crippen LogP contribution < -0.4 is 22.0 Å². The highest BCUT2D eigenvalue weighted by molar-refractivity contribution is 7.07. The average Bonchev–Trinajstić information content (AvgIpc) is 3.51. The van der Waals surface area contributed by atoms with E-state index in [-0.39, 0.29) is 36.3 Å². The van der Waals surface area contributed by atoms with Crippen LogP contribution >= 0.6 is 11.3 Å². The minimum atomic E-state index is -0.393. The highest BCUT2D eigenvalue weighted by Gasteiger charge is 2.35. The summed E-state index contributed by atoms with van der Waals surface area (Å²) in [5.41, 5.74) is 5.02. The Morgan fingerprint density at radius 2 is 1.92 bits per heavy atom. The predicted octanol–water partition coefficient (Wildman–Crippen LogP) is 2.53. The van der Waals surface area contributed by atoms with Gasteiger partial charge in [0.25, 0.3) is 5.91 Å². The van der Waals surface area contributed by atoms with E-state index < -0.39 is 5.91 Å². The number of benzene rings is 1. The smallest absolute Gasteiger partial charge is 0.274 e. The Bertz CT molecular complexity index is 1470. The van der Waals surface area contributed by atoms with Crippen molar-refractivity contribution in [3.8, 4) is 11.3 Å². The van der Waals surface area contributed by atoms with Crippen LogP contribution in [0.1, 0.15) is 33.5 Å². The number of nitrogen functional groups attached to an aromatic ring is 1. The first-order valence-corrected chi connectivity index (χ1v) is 11.9. The fraction of sp³-hybridized carbons (Fsp3) is 0.125. The molecule has 1 aromatic carbocycles. The van der Waals surface area contributed by atoms with Crippen LogP contribution in [-0.2, 0) is 11.3 Å². The molecule has 0 saturated carbocycles. The lowest BCUT2D eigenvalue weighted by Gasteiger charge is -2.26. The Labute approximate surface area is 209 Å². The number of rotatable bonds is 5. The number of nitrogens with two attached hydrogens (primary N) is 2. The molecule has 0 radical (unpaired) electrons. The van der Waals surface area contributed by atoms with Crippen LogP contribution in [0, 0.1) is 0 Å². The van der Waals surface area contributed by atoms with Crippen LogP contribution in [0.3, 0.4) is 0 Å². The molecule has 1 aliphatic rings. The zero-order valence-electron chi connectivity index (χ0n) is 19.2. The molecule has 1 aliphatic heterocycles. The Hall–Kier alpha value is -4.55. The maximum atomic E-state index is 13.4. The highest BCUT2D eigenvalue weighted by Crippen LogP contribution is 2.40. The lowest BCUT2D eigenvalue weighted by Crippen LogP contribution is -2.40. The van der Waals surface area contributed by atoms with Crippen molar-refractivity contribution < 1.29 is 14.4 Å². The second kappa shape index (κ2) is 9.24. The van der Waals surface area contributed by atoms with Gasteiger partial charge >= 0.3 is 0 Å². The molecule has 4 heterocycles. The summed E-state index contributed by atoms with van der Waals surface area (Å²) >= 11 is 1.30. The van der Waals surface area contributed by atoms with E-state index in [2.05, 4.69) is 15.3 Å². The molecule has 182 valence electrons. The molecule has 12 heteroatoms. The molecule has 0 spiro atoms. The molecule has 5 rings (SSSR count). The second-order valence-electron chi connectivity index (χ2n) is 8.16. The van der Waals surface area contributed by atoms with Crippen molar-refractivity contribution >= 4 is 46.1 Å². The number of fused-ring (bicyclic) bond motifs is 1. The van der Waals surface area contributed by atoms with Crippen molar-refractivity contribution in [1.82, 2.24) is 19.5 Å².